The van der Waals surface area contributed by atoms with Gasteiger partial charge in [0.15, 0.2) is 0 Å². The quantitative estimate of drug-likeness (QED) is 0.696. The molecule has 1 saturated heterocycles. The van der Waals surface area contributed by atoms with Crippen molar-refractivity contribution in [1.82, 2.24) is 25.5 Å². The molecule has 0 radical (unpaired) electrons. The predicted octanol–water partition coefficient (Wildman–Crippen LogP) is -0.218. The van der Waals surface area contributed by atoms with Gasteiger partial charge in [-0.3, -0.25) is 9.59 Å². The van der Waals surface area contributed by atoms with E-state index in [1.54, 1.807) is 16.8 Å². The first-order valence-electron chi connectivity index (χ1n) is 8.04. The predicted molar refractivity (Wildman–Crippen MR) is 88.1 cm³/mol. The molecule has 1 aromatic heterocycles. The van der Waals surface area contributed by atoms with E-state index < -0.39 is 5.97 Å². The number of benzene rings is 1. The maximum atomic E-state index is 12.3. The molecule has 0 aliphatic carbocycles. The topological polar surface area (TPSA) is 119 Å². The first kappa shape index (κ1) is 17.1. The molecule has 3 rings (SSSR count). The van der Waals surface area contributed by atoms with E-state index in [4.69, 9.17) is 9.76 Å². The third-order valence-corrected chi connectivity index (χ3v) is 4.06. The molecule has 1 aromatic carbocycles. The second kappa shape index (κ2) is 7.89. The molecule has 2 atom stereocenters. The van der Waals surface area contributed by atoms with Crippen molar-refractivity contribution in [2.45, 2.75) is 37.9 Å². The summed E-state index contributed by atoms with van der Waals surface area (Å²) in [4.78, 5) is 23.0. The van der Waals surface area contributed by atoms with Gasteiger partial charge in [-0.15, -0.1) is 5.10 Å². The minimum absolute atomic E-state index is 0.00339. The number of nitrogens with one attached hydrogen (secondary N) is 1. The Hall–Kier alpha value is -2.75. The zero-order chi connectivity index (χ0) is 17.6. The average Bonchev–Trinajstić information content (AvgIpc) is 3.10. The lowest BCUT2D eigenvalue weighted by atomic mass is 9.79. The van der Waals surface area contributed by atoms with Gasteiger partial charge in [-0.05, 0) is 41.0 Å². The summed E-state index contributed by atoms with van der Waals surface area (Å²) in [6.07, 6.45) is 2.60. The highest BCUT2D eigenvalue weighted by molar-refractivity contribution is 6.31. The highest BCUT2D eigenvalue weighted by Gasteiger charge is 2.26. The summed E-state index contributed by atoms with van der Waals surface area (Å²) >= 11 is 0. The SMILES string of the molecule is O=C(O)C[C@@H]1CC[C@H](NC(=O)c2ccc(Cn3cnnn3)cc2)BO1. The fraction of sp³-hybridized carbons (Fsp3) is 0.400. The Morgan fingerprint density at radius 3 is 2.72 bits per heavy atom. The number of nitrogens with zero attached hydrogens (tertiary/aromatic N) is 4. The monoisotopic (exact) mass is 343 g/mol. The molecule has 2 aromatic rings. The second-order valence-corrected chi connectivity index (χ2v) is 6.01. The van der Waals surface area contributed by atoms with Crippen LogP contribution in [0.2, 0.25) is 0 Å². The van der Waals surface area contributed by atoms with Crippen molar-refractivity contribution in [1.29, 1.82) is 0 Å². The molecule has 1 fully saturated rings. The van der Waals surface area contributed by atoms with Crippen molar-refractivity contribution >= 4 is 19.4 Å². The van der Waals surface area contributed by atoms with Crippen LogP contribution in [-0.4, -0.2) is 56.7 Å². The number of tetrazole rings is 1. The summed E-state index contributed by atoms with van der Waals surface area (Å²) in [6.45, 7) is 0.538. The molecular weight excluding hydrogens is 325 g/mol. The van der Waals surface area contributed by atoms with Gasteiger partial charge in [0.1, 0.15) is 6.33 Å². The van der Waals surface area contributed by atoms with Crippen LogP contribution < -0.4 is 5.32 Å². The number of hydrogen-bond acceptors (Lipinski definition) is 6. The van der Waals surface area contributed by atoms with Crippen LogP contribution in [-0.2, 0) is 16.0 Å². The van der Waals surface area contributed by atoms with Crippen molar-refractivity contribution in [3.05, 3.63) is 41.7 Å². The molecule has 2 N–H and O–H groups in total. The smallest absolute Gasteiger partial charge is 0.305 e. The fourth-order valence-corrected chi connectivity index (χ4v) is 2.75. The summed E-state index contributed by atoms with van der Waals surface area (Å²) in [5, 5.41) is 22.6. The van der Waals surface area contributed by atoms with Crippen molar-refractivity contribution in [2.75, 3.05) is 0 Å². The maximum Gasteiger partial charge on any atom is 0.305 e. The minimum Gasteiger partial charge on any atom is -0.481 e. The summed E-state index contributed by atoms with van der Waals surface area (Å²) in [6, 6.07) is 7.23. The lowest BCUT2D eigenvalue weighted by Gasteiger charge is -2.28. The number of amides is 1. The number of carboxylic acid groups (broad SMARTS) is 1. The molecule has 25 heavy (non-hydrogen) atoms. The van der Waals surface area contributed by atoms with Crippen LogP contribution in [0.1, 0.15) is 35.2 Å². The molecule has 0 bridgehead atoms. The van der Waals surface area contributed by atoms with Crippen molar-refractivity contribution in [3.63, 3.8) is 0 Å². The summed E-state index contributed by atoms with van der Waals surface area (Å²) in [5.41, 5.74) is 1.55. The second-order valence-electron chi connectivity index (χ2n) is 6.01. The first-order valence-corrected chi connectivity index (χ1v) is 8.04. The zero-order valence-electron chi connectivity index (χ0n) is 13.5. The van der Waals surface area contributed by atoms with Crippen LogP contribution in [0.4, 0.5) is 0 Å². The van der Waals surface area contributed by atoms with Crippen LogP contribution in [0, 0.1) is 0 Å². The summed E-state index contributed by atoms with van der Waals surface area (Å²) in [5.74, 6) is -1.13. The number of hydrogen-bond donors (Lipinski definition) is 2. The van der Waals surface area contributed by atoms with E-state index in [0.717, 1.165) is 5.56 Å². The van der Waals surface area contributed by atoms with E-state index in [1.165, 1.54) is 6.33 Å². The highest BCUT2D eigenvalue weighted by Crippen LogP contribution is 2.15. The molecule has 2 heterocycles. The number of carbonyl (C=O) groups is 2. The Labute approximate surface area is 144 Å². The van der Waals surface area contributed by atoms with Gasteiger partial charge in [-0.1, -0.05) is 12.1 Å². The van der Waals surface area contributed by atoms with Gasteiger partial charge in [0.2, 0.25) is 0 Å². The Balaban J connectivity index is 1.49. The molecule has 0 saturated carbocycles. The summed E-state index contributed by atoms with van der Waals surface area (Å²) < 4.78 is 7.10. The normalized spacial score (nSPS) is 19.8. The van der Waals surface area contributed by atoms with E-state index in [1.807, 2.05) is 12.1 Å². The standard InChI is InChI=1S/C15H18BN5O4/c22-14(23)7-12-5-6-13(16-25-12)18-15(24)11-3-1-10(2-4-11)8-21-9-17-19-20-21/h1-4,9,12-13,16H,5-8H2,(H,18,24)(H,22,23)/t12-,13-/m0/s1. The minimum atomic E-state index is -0.866. The van der Waals surface area contributed by atoms with Gasteiger partial charge in [0.05, 0.1) is 19.1 Å². The van der Waals surface area contributed by atoms with E-state index in [-0.39, 0.29) is 24.4 Å². The van der Waals surface area contributed by atoms with Crippen LogP contribution in [0.5, 0.6) is 0 Å². The third kappa shape index (κ3) is 4.86. The Kier molecular flexibility index (Phi) is 5.39. The molecule has 1 aliphatic rings. The third-order valence-electron chi connectivity index (χ3n) is 4.06. The molecular formula is C15H18BN5O4. The van der Waals surface area contributed by atoms with Crippen LogP contribution >= 0.6 is 0 Å². The molecule has 1 aliphatic heterocycles. The first-order chi connectivity index (χ1) is 12.1. The van der Waals surface area contributed by atoms with E-state index in [0.29, 0.717) is 32.4 Å². The van der Waals surface area contributed by atoms with Gasteiger partial charge in [0, 0.05) is 11.5 Å². The van der Waals surface area contributed by atoms with Crippen molar-refractivity contribution in [2.24, 2.45) is 0 Å². The number of aromatic nitrogens is 4. The average molecular weight is 343 g/mol. The Morgan fingerprint density at radius 1 is 1.32 bits per heavy atom. The van der Waals surface area contributed by atoms with Gasteiger partial charge < -0.3 is 15.1 Å². The largest absolute Gasteiger partial charge is 0.481 e. The zero-order valence-corrected chi connectivity index (χ0v) is 13.5. The molecule has 130 valence electrons. The van der Waals surface area contributed by atoms with E-state index in [2.05, 4.69) is 20.8 Å². The number of carbonyl (C=O) groups excluding carboxylic acids is 1. The molecule has 1 amide bonds. The van der Waals surface area contributed by atoms with Gasteiger partial charge in [-0.2, -0.15) is 0 Å². The molecule has 0 unspecified atom stereocenters. The molecule has 9 nitrogen and oxygen atoms in total. The number of aliphatic carboxylic acids is 1. The van der Waals surface area contributed by atoms with E-state index >= 15 is 0 Å². The van der Waals surface area contributed by atoms with Crippen molar-refractivity contribution in [3.8, 4) is 0 Å². The van der Waals surface area contributed by atoms with Gasteiger partial charge in [-0.25, -0.2) is 4.68 Å². The number of rotatable bonds is 6. The Morgan fingerprint density at radius 2 is 2.12 bits per heavy atom. The van der Waals surface area contributed by atoms with Crippen molar-refractivity contribution < 1.29 is 19.3 Å². The summed E-state index contributed by atoms with van der Waals surface area (Å²) in [7, 11) is 0.334. The lowest BCUT2D eigenvalue weighted by Crippen LogP contribution is -2.45. The lowest BCUT2D eigenvalue weighted by molar-refractivity contribution is -0.139. The Bertz CT molecular complexity index is 714. The van der Waals surface area contributed by atoms with Gasteiger partial charge >= 0.3 is 5.97 Å². The highest BCUT2D eigenvalue weighted by atomic mass is 16.4. The van der Waals surface area contributed by atoms with Gasteiger partial charge in [0.25, 0.3) is 13.4 Å². The van der Waals surface area contributed by atoms with E-state index in [9.17, 15) is 9.59 Å². The number of carboxylic acids is 1. The molecule has 10 heteroatoms. The fourth-order valence-electron chi connectivity index (χ4n) is 2.75. The van der Waals surface area contributed by atoms with Crippen LogP contribution in [0.15, 0.2) is 30.6 Å². The molecule has 0 spiro atoms. The van der Waals surface area contributed by atoms with Crippen LogP contribution in [0.3, 0.4) is 0 Å². The maximum absolute atomic E-state index is 12.3. The van der Waals surface area contributed by atoms with Crippen LogP contribution in [0.25, 0.3) is 0 Å².